The van der Waals surface area contributed by atoms with Crippen molar-refractivity contribution in [2.45, 2.75) is 0 Å². The van der Waals surface area contributed by atoms with Gasteiger partial charge in [0.2, 0.25) is 0 Å². The molecule has 9 rings (SSSR count). The second-order valence-electron chi connectivity index (χ2n) is 11.1. The maximum Gasteiger partial charge on any atom is 0.164 e. The summed E-state index contributed by atoms with van der Waals surface area (Å²) in [5.41, 5.74) is 5.04. The van der Waals surface area contributed by atoms with Crippen LogP contribution in [0.15, 0.2) is 146 Å². The Hall–Kier alpha value is -5.78. The van der Waals surface area contributed by atoms with Crippen molar-refractivity contribution in [3.8, 4) is 44.7 Å². The molecular formula is C40H24N4S. The van der Waals surface area contributed by atoms with E-state index in [0.717, 1.165) is 43.6 Å². The summed E-state index contributed by atoms with van der Waals surface area (Å²) in [5, 5.41) is 8.12. The number of hydrogen-bond donors (Lipinski definition) is 0. The van der Waals surface area contributed by atoms with Crippen molar-refractivity contribution in [2.24, 2.45) is 0 Å². The third-order valence-corrected chi connectivity index (χ3v) is 9.38. The molecule has 0 atom stereocenters. The van der Waals surface area contributed by atoms with Crippen molar-refractivity contribution in [1.29, 1.82) is 0 Å². The van der Waals surface area contributed by atoms with Crippen molar-refractivity contribution in [3.05, 3.63) is 146 Å². The molecule has 0 N–H and O–H groups in total. The van der Waals surface area contributed by atoms with Gasteiger partial charge in [0.1, 0.15) is 5.01 Å². The van der Waals surface area contributed by atoms with E-state index in [1.807, 2.05) is 60.7 Å². The van der Waals surface area contributed by atoms with Crippen molar-refractivity contribution in [1.82, 2.24) is 19.9 Å². The highest BCUT2D eigenvalue weighted by molar-refractivity contribution is 7.21. The van der Waals surface area contributed by atoms with E-state index in [-0.39, 0.29) is 0 Å². The first kappa shape index (κ1) is 25.7. The van der Waals surface area contributed by atoms with Crippen LogP contribution < -0.4 is 0 Å². The fourth-order valence-electron chi connectivity index (χ4n) is 6.06. The fourth-order valence-corrected chi connectivity index (χ4v) is 7.03. The molecule has 2 aromatic heterocycles. The molecule has 0 unspecified atom stereocenters. The summed E-state index contributed by atoms with van der Waals surface area (Å²) in [6.07, 6.45) is 0. The van der Waals surface area contributed by atoms with E-state index in [9.17, 15) is 0 Å². The summed E-state index contributed by atoms with van der Waals surface area (Å²) in [6.45, 7) is 0. The number of rotatable bonds is 4. The lowest BCUT2D eigenvalue weighted by Gasteiger charge is -2.10. The molecule has 0 radical (unpaired) electrons. The van der Waals surface area contributed by atoms with Gasteiger partial charge in [-0.25, -0.2) is 19.9 Å². The van der Waals surface area contributed by atoms with Crippen LogP contribution in [0.4, 0.5) is 0 Å². The van der Waals surface area contributed by atoms with E-state index in [4.69, 9.17) is 19.9 Å². The number of nitrogens with zero attached hydrogens (tertiary/aromatic N) is 4. The number of thiazole rings is 1. The lowest BCUT2D eigenvalue weighted by molar-refractivity contribution is 1.07. The normalized spacial score (nSPS) is 11.6. The predicted octanol–water partition coefficient (Wildman–Crippen LogP) is 10.6. The molecule has 0 saturated carbocycles. The van der Waals surface area contributed by atoms with E-state index in [2.05, 4.69) is 84.9 Å². The molecule has 7 aromatic carbocycles. The molecule has 45 heavy (non-hydrogen) atoms. The summed E-state index contributed by atoms with van der Waals surface area (Å²) >= 11 is 1.74. The zero-order chi connectivity index (χ0) is 29.7. The maximum atomic E-state index is 5.22. The highest BCUT2D eigenvalue weighted by Gasteiger charge is 2.15. The number of hydrogen-bond acceptors (Lipinski definition) is 5. The van der Waals surface area contributed by atoms with E-state index in [1.165, 1.54) is 26.2 Å². The van der Waals surface area contributed by atoms with Crippen LogP contribution in [-0.2, 0) is 0 Å². The van der Waals surface area contributed by atoms with Crippen molar-refractivity contribution in [2.75, 3.05) is 0 Å². The molecule has 0 aliphatic rings. The van der Waals surface area contributed by atoms with Crippen LogP contribution in [0.25, 0.3) is 87.3 Å². The topological polar surface area (TPSA) is 51.6 Å². The van der Waals surface area contributed by atoms with Gasteiger partial charge in [0.25, 0.3) is 0 Å². The first-order valence-electron chi connectivity index (χ1n) is 14.9. The first-order valence-corrected chi connectivity index (χ1v) is 15.7. The zero-order valence-electron chi connectivity index (χ0n) is 24.1. The van der Waals surface area contributed by atoms with Gasteiger partial charge in [-0.1, -0.05) is 127 Å². The van der Waals surface area contributed by atoms with E-state index >= 15 is 0 Å². The monoisotopic (exact) mass is 592 g/mol. The third kappa shape index (κ3) is 4.53. The largest absolute Gasteiger partial charge is 0.235 e. The molecule has 4 nitrogen and oxygen atoms in total. The maximum absolute atomic E-state index is 5.22. The number of aromatic nitrogens is 4. The summed E-state index contributed by atoms with van der Waals surface area (Å²) < 4.78 is 1.18. The highest BCUT2D eigenvalue weighted by Crippen LogP contribution is 2.39. The van der Waals surface area contributed by atoms with Gasteiger partial charge >= 0.3 is 0 Å². The van der Waals surface area contributed by atoms with Gasteiger partial charge in [-0.05, 0) is 45.1 Å². The van der Waals surface area contributed by atoms with Gasteiger partial charge in [-0.3, -0.25) is 0 Å². The van der Waals surface area contributed by atoms with Gasteiger partial charge < -0.3 is 0 Å². The molecule has 0 aliphatic carbocycles. The lowest BCUT2D eigenvalue weighted by atomic mass is 9.99. The van der Waals surface area contributed by atoms with Gasteiger partial charge in [-0.2, -0.15) is 0 Å². The van der Waals surface area contributed by atoms with E-state index in [0.29, 0.717) is 17.5 Å². The lowest BCUT2D eigenvalue weighted by Crippen LogP contribution is -2.00. The van der Waals surface area contributed by atoms with Crippen LogP contribution in [0.1, 0.15) is 0 Å². The van der Waals surface area contributed by atoms with Crippen molar-refractivity contribution in [3.63, 3.8) is 0 Å². The molecular weight excluding hydrogens is 569 g/mol. The quantitative estimate of drug-likeness (QED) is 0.191. The molecule has 0 fully saturated rings. The van der Waals surface area contributed by atoms with Crippen LogP contribution in [0.5, 0.6) is 0 Å². The van der Waals surface area contributed by atoms with Crippen molar-refractivity contribution >= 4 is 53.9 Å². The fraction of sp³-hybridized carbons (Fsp3) is 0. The van der Waals surface area contributed by atoms with E-state index in [1.54, 1.807) is 11.3 Å². The summed E-state index contributed by atoms with van der Waals surface area (Å²) in [7, 11) is 0. The van der Waals surface area contributed by atoms with Crippen LogP contribution >= 0.6 is 11.3 Å². The SMILES string of the molecule is c1ccc(-c2nc(-c3ccccc3)nc(-c3ccc4c(ccc5ccc6sc(-c7ccc8ccccc8c7)nc6c54)c3)n2)cc1. The minimum atomic E-state index is 0.648. The highest BCUT2D eigenvalue weighted by atomic mass is 32.1. The second-order valence-corrected chi connectivity index (χ2v) is 12.2. The summed E-state index contributed by atoms with van der Waals surface area (Å²) in [4.78, 5) is 20.0. The minimum absolute atomic E-state index is 0.648. The Labute approximate surface area is 263 Å². The zero-order valence-corrected chi connectivity index (χ0v) is 24.9. The molecule has 0 saturated heterocycles. The van der Waals surface area contributed by atoms with Gasteiger partial charge in [0.05, 0.1) is 10.2 Å². The number of fused-ring (bicyclic) bond motifs is 6. The summed E-state index contributed by atoms with van der Waals surface area (Å²) in [6, 6.07) is 50.5. The molecule has 5 heteroatoms. The molecule has 0 aliphatic heterocycles. The van der Waals surface area contributed by atoms with Crippen LogP contribution in [0.2, 0.25) is 0 Å². The van der Waals surface area contributed by atoms with Crippen molar-refractivity contribution < 1.29 is 0 Å². The Kier molecular flexibility index (Phi) is 5.96. The Balaban J connectivity index is 1.20. The first-order chi connectivity index (χ1) is 22.3. The molecule has 9 aromatic rings. The second kappa shape index (κ2) is 10.4. The molecule has 2 heterocycles. The summed E-state index contributed by atoms with van der Waals surface area (Å²) in [5.74, 6) is 1.96. The van der Waals surface area contributed by atoms with E-state index < -0.39 is 0 Å². The standard InChI is InChI=1S/C40H24N4S/c1-3-10-27(11-4-1)37-42-38(28-12-5-2-6-13-28)44-39(43-37)31-19-21-33-30(24-31)17-16-26-20-22-34-36(35(26)33)41-40(45-34)32-18-15-25-9-7-8-14-29(25)23-32/h1-24H. The third-order valence-electron chi connectivity index (χ3n) is 8.31. The Morgan fingerprint density at radius 2 is 0.933 bits per heavy atom. The smallest absolute Gasteiger partial charge is 0.164 e. The molecule has 0 spiro atoms. The Morgan fingerprint density at radius 3 is 1.67 bits per heavy atom. The molecule has 210 valence electrons. The van der Waals surface area contributed by atoms with Crippen LogP contribution in [-0.4, -0.2) is 19.9 Å². The minimum Gasteiger partial charge on any atom is -0.235 e. The van der Waals surface area contributed by atoms with Crippen LogP contribution in [0, 0.1) is 0 Å². The average molecular weight is 593 g/mol. The van der Waals surface area contributed by atoms with Gasteiger partial charge in [0.15, 0.2) is 17.5 Å². The number of benzene rings is 7. The Morgan fingerprint density at radius 1 is 0.378 bits per heavy atom. The van der Waals surface area contributed by atoms with Crippen LogP contribution in [0.3, 0.4) is 0 Å². The predicted molar refractivity (Wildman–Crippen MR) is 187 cm³/mol. The van der Waals surface area contributed by atoms with Gasteiger partial charge in [-0.15, -0.1) is 11.3 Å². The Bertz CT molecular complexity index is 2480. The molecule has 0 amide bonds. The molecule has 0 bridgehead atoms. The average Bonchev–Trinajstić information content (AvgIpc) is 3.56. The van der Waals surface area contributed by atoms with Gasteiger partial charge in [0, 0.05) is 27.6 Å².